The molecule has 1 aliphatic rings. The summed E-state index contributed by atoms with van der Waals surface area (Å²) in [5, 5.41) is 11.5. The van der Waals surface area contributed by atoms with E-state index in [-0.39, 0.29) is 12.5 Å². The van der Waals surface area contributed by atoms with Crippen LogP contribution in [0.5, 0.6) is 0 Å². The van der Waals surface area contributed by atoms with Crippen molar-refractivity contribution in [1.82, 2.24) is 9.55 Å². The number of fused-ring (bicyclic) bond motifs is 1. The van der Waals surface area contributed by atoms with E-state index in [4.69, 9.17) is 5.11 Å². The standard InChI is InChI=1S/C13H11N3O3/c17-12-4-9-3-8(1-2-10(9)15-12)11-5-16(7-14-11)6-13(18)19/h1-3,5,7H,4,6H2,(H,15,17)(H,18,19). The zero-order chi connectivity index (χ0) is 13.4. The molecule has 0 fully saturated rings. The van der Waals surface area contributed by atoms with E-state index in [1.54, 1.807) is 6.20 Å². The van der Waals surface area contributed by atoms with Crippen LogP contribution >= 0.6 is 0 Å². The third kappa shape index (κ3) is 2.20. The molecule has 1 aromatic carbocycles. The molecule has 2 heterocycles. The molecule has 6 nitrogen and oxygen atoms in total. The molecule has 0 spiro atoms. The molecule has 6 heteroatoms. The predicted molar refractivity (Wildman–Crippen MR) is 67.6 cm³/mol. The third-order valence-corrected chi connectivity index (χ3v) is 2.98. The van der Waals surface area contributed by atoms with Crippen molar-refractivity contribution in [2.45, 2.75) is 13.0 Å². The number of hydrogen-bond donors (Lipinski definition) is 2. The van der Waals surface area contributed by atoms with Crippen molar-refractivity contribution in [2.75, 3.05) is 5.32 Å². The average Bonchev–Trinajstić information content (AvgIpc) is 2.92. The summed E-state index contributed by atoms with van der Waals surface area (Å²) in [7, 11) is 0. The number of aromatic nitrogens is 2. The Morgan fingerprint density at radius 3 is 3.11 bits per heavy atom. The van der Waals surface area contributed by atoms with Crippen LogP contribution in [-0.4, -0.2) is 26.5 Å². The van der Waals surface area contributed by atoms with Gasteiger partial charge in [-0.05, 0) is 17.7 Å². The van der Waals surface area contributed by atoms with E-state index < -0.39 is 5.97 Å². The summed E-state index contributed by atoms with van der Waals surface area (Å²) >= 11 is 0. The highest BCUT2D eigenvalue weighted by molar-refractivity contribution is 5.99. The Bertz CT molecular complexity index is 676. The summed E-state index contributed by atoms with van der Waals surface area (Å²) in [6.07, 6.45) is 3.54. The van der Waals surface area contributed by atoms with E-state index in [0.717, 1.165) is 16.8 Å². The van der Waals surface area contributed by atoms with E-state index in [2.05, 4.69) is 10.3 Å². The molecule has 3 rings (SSSR count). The average molecular weight is 257 g/mol. The van der Waals surface area contributed by atoms with E-state index in [1.165, 1.54) is 10.9 Å². The minimum Gasteiger partial charge on any atom is -0.480 e. The number of anilines is 1. The predicted octanol–water partition coefficient (Wildman–Crippen LogP) is 1.13. The summed E-state index contributed by atoms with van der Waals surface area (Å²) in [4.78, 5) is 26.1. The highest BCUT2D eigenvalue weighted by Gasteiger charge is 2.18. The first kappa shape index (κ1) is 11.5. The number of benzene rings is 1. The first-order valence-electron chi connectivity index (χ1n) is 5.78. The number of amides is 1. The minimum absolute atomic E-state index is 0.0106. The van der Waals surface area contributed by atoms with Gasteiger partial charge in [0, 0.05) is 17.4 Å². The van der Waals surface area contributed by atoms with Gasteiger partial charge in [0.2, 0.25) is 5.91 Å². The quantitative estimate of drug-likeness (QED) is 0.863. The SMILES string of the molecule is O=C(O)Cn1cnc(-c2ccc3c(c2)CC(=O)N3)c1. The summed E-state index contributed by atoms with van der Waals surface area (Å²) in [5.74, 6) is -0.920. The van der Waals surface area contributed by atoms with Crippen LogP contribution < -0.4 is 5.32 Å². The van der Waals surface area contributed by atoms with Gasteiger partial charge in [0.15, 0.2) is 0 Å². The van der Waals surface area contributed by atoms with Gasteiger partial charge in [-0.25, -0.2) is 4.98 Å². The molecule has 2 aromatic rings. The molecule has 96 valence electrons. The van der Waals surface area contributed by atoms with Crippen molar-refractivity contribution >= 4 is 17.6 Å². The Morgan fingerprint density at radius 1 is 1.47 bits per heavy atom. The monoisotopic (exact) mass is 257 g/mol. The van der Waals surface area contributed by atoms with Crippen molar-refractivity contribution in [3.05, 3.63) is 36.3 Å². The molecule has 0 saturated carbocycles. The number of carboxylic acids is 1. The van der Waals surface area contributed by atoms with Gasteiger partial charge in [0.05, 0.1) is 18.4 Å². The lowest BCUT2D eigenvalue weighted by Gasteiger charge is -2.01. The van der Waals surface area contributed by atoms with Crippen LogP contribution in [-0.2, 0) is 22.6 Å². The highest BCUT2D eigenvalue weighted by Crippen LogP contribution is 2.28. The van der Waals surface area contributed by atoms with Crippen LogP contribution in [0.2, 0.25) is 0 Å². The Morgan fingerprint density at radius 2 is 2.32 bits per heavy atom. The van der Waals surface area contributed by atoms with Gasteiger partial charge < -0.3 is 15.0 Å². The number of hydrogen-bond acceptors (Lipinski definition) is 3. The summed E-state index contributed by atoms with van der Waals surface area (Å²) in [6, 6.07) is 5.60. The molecule has 19 heavy (non-hydrogen) atoms. The summed E-state index contributed by atoms with van der Waals surface area (Å²) in [6.45, 7) is -0.113. The molecule has 0 unspecified atom stereocenters. The molecule has 1 aromatic heterocycles. The second kappa shape index (κ2) is 4.24. The molecule has 0 atom stereocenters. The van der Waals surface area contributed by atoms with Crippen molar-refractivity contribution in [3.63, 3.8) is 0 Å². The third-order valence-electron chi connectivity index (χ3n) is 2.98. The fourth-order valence-electron chi connectivity index (χ4n) is 2.14. The first-order chi connectivity index (χ1) is 9.11. The number of rotatable bonds is 3. The lowest BCUT2D eigenvalue weighted by atomic mass is 10.1. The van der Waals surface area contributed by atoms with Crippen LogP contribution in [0, 0.1) is 0 Å². The van der Waals surface area contributed by atoms with Gasteiger partial charge in [-0.15, -0.1) is 0 Å². The second-order valence-electron chi connectivity index (χ2n) is 4.42. The van der Waals surface area contributed by atoms with Crippen molar-refractivity contribution in [3.8, 4) is 11.3 Å². The highest BCUT2D eigenvalue weighted by atomic mass is 16.4. The zero-order valence-corrected chi connectivity index (χ0v) is 9.96. The number of carbonyl (C=O) groups excluding carboxylic acids is 1. The van der Waals surface area contributed by atoms with Gasteiger partial charge in [-0.1, -0.05) is 6.07 Å². The largest absolute Gasteiger partial charge is 0.480 e. The number of carboxylic acid groups (broad SMARTS) is 1. The van der Waals surface area contributed by atoms with Gasteiger partial charge in [-0.3, -0.25) is 9.59 Å². The molecule has 2 N–H and O–H groups in total. The maximum atomic E-state index is 11.3. The molecule has 0 bridgehead atoms. The topological polar surface area (TPSA) is 84.2 Å². The molecular weight excluding hydrogens is 246 g/mol. The van der Waals surface area contributed by atoms with E-state index in [0.29, 0.717) is 12.1 Å². The lowest BCUT2D eigenvalue weighted by Crippen LogP contribution is -2.06. The second-order valence-corrected chi connectivity index (χ2v) is 4.42. The van der Waals surface area contributed by atoms with Crippen molar-refractivity contribution in [1.29, 1.82) is 0 Å². The number of nitrogens with one attached hydrogen (secondary N) is 1. The molecule has 1 aliphatic heterocycles. The number of aliphatic carboxylic acids is 1. The Kier molecular flexibility index (Phi) is 2.56. The molecule has 0 radical (unpaired) electrons. The van der Waals surface area contributed by atoms with Gasteiger partial charge in [0.1, 0.15) is 6.54 Å². The molecule has 0 saturated heterocycles. The van der Waals surface area contributed by atoms with Gasteiger partial charge >= 0.3 is 5.97 Å². The minimum atomic E-state index is -0.910. The van der Waals surface area contributed by atoms with Gasteiger partial charge in [-0.2, -0.15) is 0 Å². The maximum absolute atomic E-state index is 11.3. The number of carbonyl (C=O) groups is 2. The smallest absolute Gasteiger partial charge is 0.323 e. The van der Waals surface area contributed by atoms with E-state index >= 15 is 0 Å². The fourth-order valence-corrected chi connectivity index (χ4v) is 2.14. The lowest BCUT2D eigenvalue weighted by molar-refractivity contribution is -0.137. The zero-order valence-electron chi connectivity index (χ0n) is 9.96. The molecular formula is C13H11N3O3. The summed E-state index contributed by atoms with van der Waals surface area (Å²) < 4.78 is 1.51. The fraction of sp³-hybridized carbons (Fsp3) is 0.154. The first-order valence-corrected chi connectivity index (χ1v) is 5.78. The van der Waals surface area contributed by atoms with Crippen LogP contribution in [0.3, 0.4) is 0 Å². The van der Waals surface area contributed by atoms with Crippen LogP contribution in [0.15, 0.2) is 30.7 Å². The van der Waals surface area contributed by atoms with Crippen molar-refractivity contribution < 1.29 is 14.7 Å². The van der Waals surface area contributed by atoms with Crippen molar-refractivity contribution in [2.24, 2.45) is 0 Å². The Labute approximate surface area is 108 Å². The molecule has 0 aliphatic carbocycles. The Hall–Kier alpha value is -2.63. The van der Waals surface area contributed by atoms with Gasteiger partial charge in [0.25, 0.3) is 0 Å². The van der Waals surface area contributed by atoms with Crippen LogP contribution in [0.1, 0.15) is 5.56 Å². The van der Waals surface area contributed by atoms with Crippen LogP contribution in [0.25, 0.3) is 11.3 Å². The number of imidazole rings is 1. The summed E-state index contributed by atoms with van der Waals surface area (Å²) in [5.41, 5.74) is 3.34. The number of nitrogens with zero attached hydrogens (tertiary/aromatic N) is 2. The molecule has 1 amide bonds. The Balaban J connectivity index is 1.90. The van der Waals surface area contributed by atoms with E-state index in [1.807, 2.05) is 18.2 Å². The van der Waals surface area contributed by atoms with Crippen LogP contribution in [0.4, 0.5) is 5.69 Å². The maximum Gasteiger partial charge on any atom is 0.323 e. The van der Waals surface area contributed by atoms with E-state index in [9.17, 15) is 9.59 Å². The normalized spacial score (nSPS) is 13.2.